The molecule has 0 spiro atoms. The number of amides is 2. The van der Waals surface area contributed by atoms with E-state index in [2.05, 4.69) is 15.8 Å². The van der Waals surface area contributed by atoms with Gasteiger partial charge in [-0.3, -0.25) is 9.59 Å². The van der Waals surface area contributed by atoms with E-state index in [1.54, 1.807) is 18.2 Å². The Hall–Kier alpha value is -3.24. The fourth-order valence-electron chi connectivity index (χ4n) is 3.24. The molecule has 3 rings (SSSR count). The Morgan fingerprint density at radius 3 is 2.19 bits per heavy atom. The quantitative estimate of drug-likeness (QED) is 0.291. The fourth-order valence-corrected chi connectivity index (χ4v) is 5.14. The Morgan fingerprint density at radius 1 is 0.944 bits per heavy atom. The number of nitrogens with one attached hydrogen (secondary N) is 2. The number of hydrazone groups is 1. The smallest absolute Gasteiger partial charge is 0.255 e. The molecule has 36 heavy (non-hydrogen) atoms. The van der Waals surface area contributed by atoms with Gasteiger partial charge in [-0.15, -0.1) is 0 Å². The summed E-state index contributed by atoms with van der Waals surface area (Å²) in [5.41, 5.74) is 4.14. The summed E-state index contributed by atoms with van der Waals surface area (Å²) in [5.74, 6) is -0.911. The van der Waals surface area contributed by atoms with Crippen LogP contribution in [-0.4, -0.2) is 43.8 Å². The molecular weight excluding hydrogens is 523 g/mol. The molecule has 0 atom stereocenters. The molecule has 3 aromatic rings. The van der Waals surface area contributed by atoms with Crippen molar-refractivity contribution in [2.24, 2.45) is 5.10 Å². The van der Waals surface area contributed by atoms with E-state index in [9.17, 15) is 18.0 Å². The van der Waals surface area contributed by atoms with Gasteiger partial charge in [0.25, 0.3) is 5.91 Å². The lowest BCUT2D eigenvalue weighted by Gasteiger charge is -2.21. The van der Waals surface area contributed by atoms with Gasteiger partial charge in [0, 0.05) is 24.7 Å². The fraction of sp³-hybridized carbons (Fsp3) is 0.160. The lowest BCUT2D eigenvalue weighted by molar-refractivity contribution is -0.121. The number of sulfonamides is 1. The van der Waals surface area contributed by atoms with Crippen molar-refractivity contribution in [2.75, 3.05) is 18.4 Å². The maximum Gasteiger partial charge on any atom is 0.255 e. The van der Waals surface area contributed by atoms with Crippen LogP contribution >= 0.6 is 23.2 Å². The first kappa shape index (κ1) is 27.3. The second-order valence-corrected chi connectivity index (χ2v) is 10.5. The van der Waals surface area contributed by atoms with Crippen LogP contribution in [0.3, 0.4) is 0 Å². The zero-order chi connectivity index (χ0) is 26.1. The van der Waals surface area contributed by atoms with Gasteiger partial charge in [0.1, 0.15) is 0 Å². The van der Waals surface area contributed by atoms with Crippen LogP contribution in [0.1, 0.15) is 18.1 Å². The average Bonchev–Trinajstić information content (AvgIpc) is 2.84. The summed E-state index contributed by atoms with van der Waals surface area (Å²) in [7, 11) is -4.04. The van der Waals surface area contributed by atoms with Crippen LogP contribution in [0.5, 0.6) is 0 Å². The number of hydrogen-bond donors (Lipinski definition) is 2. The molecule has 2 N–H and O–H groups in total. The third-order valence-electron chi connectivity index (χ3n) is 5.01. The highest BCUT2D eigenvalue weighted by Gasteiger charge is 2.26. The van der Waals surface area contributed by atoms with Crippen LogP contribution in [0, 0.1) is 0 Å². The highest BCUT2D eigenvalue weighted by Crippen LogP contribution is 2.22. The Bertz CT molecular complexity index is 1330. The maximum atomic E-state index is 13.4. The third-order valence-corrected chi connectivity index (χ3v) is 7.53. The Balaban J connectivity index is 1.77. The van der Waals surface area contributed by atoms with E-state index in [-0.39, 0.29) is 17.3 Å². The molecule has 0 radical (unpaired) electrons. The van der Waals surface area contributed by atoms with E-state index in [0.717, 1.165) is 9.87 Å². The SMILES string of the molecule is CC(=O)Nc1ccc(S(=O)(=O)N(CCc2ccccc2)CC(=O)N/N=C\c2c(Cl)cccc2Cl)cc1. The van der Waals surface area contributed by atoms with Crippen molar-refractivity contribution in [1.82, 2.24) is 9.73 Å². The average molecular weight is 547 g/mol. The van der Waals surface area contributed by atoms with Gasteiger partial charge >= 0.3 is 0 Å². The topological polar surface area (TPSA) is 108 Å². The molecule has 0 aromatic heterocycles. The Labute approximate surface area is 220 Å². The third kappa shape index (κ3) is 7.63. The molecule has 0 unspecified atom stereocenters. The molecule has 0 aliphatic heterocycles. The van der Waals surface area contributed by atoms with Crippen LogP contribution < -0.4 is 10.7 Å². The molecule has 0 saturated heterocycles. The van der Waals surface area contributed by atoms with Crippen molar-refractivity contribution in [3.63, 3.8) is 0 Å². The Kier molecular flexibility index (Phi) is 9.60. The van der Waals surface area contributed by atoms with E-state index in [1.807, 2.05) is 30.3 Å². The number of nitrogens with zero attached hydrogens (tertiary/aromatic N) is 2. The van der Waals surface area contributed by atoms with E-state index >= 15 is 0 Å². The van der Waals surface area contributed by atoms with Gasteiger partial charge in [0.15, 0.2) is 0 Å². The summed E-state index contributed by atoms with van der Waals surface area (Å²) < 4.78 is 27.9. The summed E-state index contributed by atoms with van der Waals surface area (Å²) in [6.45, 7) is 0.959. The highest BCUT2D eigenvalue weighted by molar-refractivity contribution is 7.89. The first-order valence-corrected chi connectivity index (χ1v) is 13.0. The minimum absolute atomic E-state index is 0.0104. The first-order valence-electron chi connectivity index (χ1n) is 10.8. The largest absolute Gasteiger partial charge is 0.326 e. The molecule has 3 aromatic carbocycles. The molecular formula is C25H24Cl2N4O4S. The summed E-state index contributed by atoms with van der Waals surface area (Å²) in [6, 6.07) is 20.0. The molecule has 188 valence electrons. The lowest BCUT2D eigenvalue weighted by Crippen LogP contribution is -2.40. The van der Waals surface area contributed by atoms with Crippen molar-refractivity contribution >= 4 is 56.9 Å². The van der Waals surface area contributed by atoms with Gasteiger partial charge in [0.2, 0.25) is 15.9 Å². The minimum Gasteiger partial charge on any atom is -0.326 e. The normalized spacial score (nSPS) is 11.6. The summed E-state index contributed by atoms with van der Waals surface area (Å²) in [5, 5.41) is 7.18. The van der Waals surface area contributed by atoms with E-state index in [1.165, 1.54) is 37.4 Å². The maximum absolute atomic E-state index is 13.4. The van der Waals surface area contributed by atoms with Crippen molar-refractivity contribution < 1.29 is 18.0 Å². The summed E-state index contributed by atoms with van der Waals surface area (Å²) in [6.07, 6.45) is 1.70. The highest BCUT2D eigenvalue weighted by atomic mass is 35.5. The van der Waals surface area contributed by atoms with Crippen molar-refractivity contribution in [2.45, 2.75) is 18.2 Å². The zero-order valence-corrected chi connectivity index (χ0v) is 21.6. The summed E-state index contributed by atoms with van der Waals surface area (Å²) in [4.78, 5) is 23.9. The van der Waals surface area contributed by atoms with Crippen LogP contribution in [0.25, 0.3) is 0 Å². The number of hydrogen-bond acceptors (Lipinski definition) is 5. The predicted molar refractivity (Wildman–Crippen MR) is 142 cm³/mol. The zero-order valence-electron chi connectivity index (χ0n) is 19.3. The molecule has 0 fully saturated rings. The molecule has 8 nitrogen and oxygen atoms in total. The number of carbonyl (C=O) groups is 2. The van der Waals surface area contributed by atoms with Crippen molar-refractivity contribution in [3.05, 3.63) is 94.0 Å². The van der Waals surface area contributed by atoms with Crippen molar-refractivity contribution in [1.29, 1.82) is 0 Å². The molecule has 0 aliphatic carbocycles. The standard InChI is InChI=1S/C25H24Cl2N4O4S/c1-18(32)29-20-10-12-21(13-11-20)36(34,35)31(15-14-19-6-3-2-4-7-19)17-25(33)30-28-16-22-23(26)8-5-9-24(22)27/h2-13,16H,14-15,17H2,1H3,(H,29,32)(H,30,33)/b28-16-. The molecule has 2 amide bonds. The lowest BCUT2D eigenvalue weighted by atomic mass is 10.1. The second kappa shape index (κ2) is 12.6. The van der Waals surface area contributed by atoms with Crippen LogP contribution in [0.2, 0.25) is 10.0 Å². The number of carbonyl (C=O) groups excluding carboxylic acids is 2. The van der Waals surface area contributed by atoms with Crippen LogP contribution in [0.15, 0.2) is 82.8 Å². The van der Waals surface area contributed by atoms with E-state index in [0.29, 0.717) is 27.7 Å². The van der Waals surface area contributed by atoms with Gasteiger partial charge in [-0.2, -0.15) is 9.41 Å². The number of benzene rings is 3. The Morgan fingerprint density at radius 2 is 1.58 bits per heavy atom. The van der Waals surface area contributed by atoms with Crippen LogP contribution in [-0.2, 0) is 26.0 Å². The molecule has 0 heterocycles. The van der Waals surface area contributed by atoms with Gasteiger partial charge in [0.05, 0.1) is 27.7 Å². The first-order chi connectivity index (χ1) is 17.2. The van der Waals surface area contributed by atoms with Crippen LogP contribution in [0.4, 0.5) is 5.69 Å². The number of halogens is 2. The van der Waals surface area contributed by atoms with Crippen molar-refractivity contribution in [3.8, 4) is 0 Å². The number of anilines is 1. The molecule has 11 heteroatoms. The predicted octanol–water partition coefficient (Wildman–Crippen LogP) is 4.34. The minimum atomic E-state index is -4.04. The summed E-state index contributed by atoms with van der Waals surface area (Å²) >= 11 is 12.2. The van der Waals surface area contributed by atoms with E-state index in [4.69, 9.17) is 23.2 Å². The van der Waals surface area contributed by atoms with Gasteiger partial charge < -0.3 is 5.32 Å². The number of rotatable bonds is 10. The molecule has 0 bridgehead atoms. The van der Waals surface area contributed by atoms with Gasteiger partial charge in [-0.1, -0.05) is 59.6 Å². The molecule has 0 saturated carbocycles. The van der Waals surface area contributed by atoms with E-state index < -0.39 is 22.5 Å². The monoisotopic (exact) mass is 546 g/mol. The van der Waals surface area contributed by atoms with Gasteiger partial charge in [-0.25, -0.2) is 13.8 Å². The van der Waals surface area contributed by atoms with Gasteiger partial charge in [-0.05, 0) is 48.4 Å². The molecule has 0 aliphatic rings. The second-order valence-electron chi connectivity index (χ2n) is 7.71.